The Morgan fingerprint density at radius 2 is 2.12 bits per heavy atom. The zero-order valence-corrected chi connectivity index (χ0v) is 10.3. The molecule has 0 aliphatic heterocycles. The third-order valence-electron chi connectivity index (χ3n) is 2.39. The molecule has 0 spiro atoms. The SMILES string of the molecule is COC(=O)C(O)c1cc(C(C)(C)C)nn1C. The maximum absolute atomic E-state index is 11.2. The van der Waals surface area contributed by atoms with Crippen molar-refractivity contribution in [2.75, 3.05) is 7.11 Å². The van der Waals surface area contributed by atoms with E-state index in [4.69, 9.17) is 0 Å². The number of methoxy groups -OCH3 is 1. The van der Waals surface area contributed by atoms with E-state index < -0.39 is 12.1 Å². The Labute approximate surface area is 95.0 Å². The highest BCUT2D eigenvalue weighted by atomic mass is 16.5. The minimum Gasteiger partial charge on any atom is -0.467 e. The van der Waals surface area contributed by atoms with Crippen LogP contribution in [0.3, 0.4) is 0 Å². The van der Waals surface area contributed by atoms with E-state index >= 15 is 0 Å². The van der Waals surface area contributed by atoms with Crippen molar-refractivity contribution >= 4 is 5.97 Å². The van der Waals surface area contributed by atoms with Gasteiger partial charge in [0.25, 0.3) is 0 Å². The summed E-state index contributed by atoms with van der Waals surface area (Å²) in [5, 5.41) is 14.0. The first-order chi connectivity index (χ1) is 7.27. The van der Waals surface area contributed by atoms with Crippen molar-refractivity contribution in [2.45, 2.75) is 32.3 Å². The molecule has 0 saturated carbocycles. The molecule has 5 heteroatoms. The number of aryl methyl sites for hydroxylation is 1. The number of carbonyl (C=O) groups excluding carboxylic acids is 1. The highest BCUT2D eigenvalue weighted by Gasteiger charge is 2.25. The number of aliphatic hydroxyl groups excluding tert-OH is 1. The van der Waals surface area contributed by atoms with Crippen molar-refractivity contribution in [3.63, 3.8) is 0 Å². The van der Waals surface area contributed by atoms with Gasteiger partial charge >= 0.3 is 5.97 Å². The second kappa shape index (κ2) is 4.25. The van der Waals surface area contributed by atoms with Crippen molar-refractivity contribution in [3.05, 3.63) is 17.5 Å². The van der Waals surface area contributed by atoms with E-state index in [0.717, 1.165) is 5.69 Å². The van der Waals surface area contributed by atoms with Crippen LogP contribution in [0.15, 0.2) is 6.07 Å². The monoisotopic (exact) mass is 226 g/mol. The van der Waals surface area contributed by atoms with Crippen LogP contribution in [0, 0.1) is 0 Å². The lowest BCUT2D eigenvalue weighted by Gasteiger charge is -2.13. The minimum absolute atomic E-state index is 0.119. The van der Waals surface area contributed by atoms with E-state index in [2.05, 4.69) is 9.84 Å². The molecule has 0 radical (unpaired) electrons. The summed E-state index contributed by atoms with van der Waals surface area (Å²) in [6, 6.07) is 1.72. The maximum atomic E-state index is 11.2. The first-order valence-corrected chi connectivity index (χ1v) is 5.07. The number of carbonyl (C=O) groups is 1. The van der Waals surface area contributed by atoms with Crippen molar-refractivity contribution in [2.24, 2.45) is 7.05 Å². The third-order valence-corrected chi connectivity index (χ3v) is 2.39. The van der Waals surface area contributed by atoms with Crippen LogP contribution >= 0.6 is 0 Å². The zero-order valence-electron chi connectivity index (χ0n) is 10.3. The van der Waals surface area contributed by atoms with Crippen LogP contribution in [0.2, 0.25) is 0 Å². The second-order valence-corrected chi connectivity index (χ2v) is 4.75. The Kier molecular flexibility index (Phi) is 3.38. The van der Waals surface area contributed by atoms with Gasteiger partial charge in [-0.05, 0) is 6.07 Å². The Hall–Kier alpha value is -1.36. The quantitative estimate of drug-likeness (QED) is 0.762. The van der Waals surface area contributed by atoms with Gasteiger partial charge < -0.3 is 9.84 Å². The number of esters is 1. The van der Waals surface area contributed by atoms with Gasteiger partial charge in [0.05, 0.1) is 18.5 Å². The van der Waals surface area contributed by atoms with Gasteiger partial charge in [-0.1, -0.05) is 20.8 Å². The maximum Gasteiger partial charge on any atom is 0.341 e. The van der Waals surface area contributed by atoms with Gasteiger partial charge in [0.1, 0.15) is 0 Å². The smallest absolute Gasteiger partial charge is 0.341 e. The fourth-order valence-electron chi connectivity index (χ4n) is 1.34. The van der Waals surface area contributed by atoms with E-state index in [1.807, 2.05) is 20.8 Å². The molecule has 1 rings (SSSR count). The molecule has 16 heavy (non-hydrogen) atoms. The standard InChI is InChI=1S/C11H18N2O3/c1-11(2,3)8-6-7(13(4)12-8)9(14)10(15)16-5/h6,9,14H,1-5H3. The zero-order chi connectivity index (χ0) is 12.5. The summed E-state index contributed by atoms with van der Waals surface area (Å²) in [6.07, 6.45) is -1.28. The summed E-state index contributed by atoms with van der Waals surface area (Å²) in [7, 11) is 2.93. The van der Waals surface area contributed by atoms with Crippen LogP contribution < -0.4 is 0 Å². The second-order valence-electron chi connectivity index (χ2n) is 4.75. The summed E-state index contributed by atoms with van der Waals surface area (Å²) >= 11 is 0. The van der Waals surface area contributed by atoms with Gasteiger partial charge in [-0.25, -0.2) is 4.79 Å². The van der Waals surface area contributed by atoms with Crippen molar-refractivity contribution < 1.29 is 14.6 Å². The van der Waals surface area contributed by atoms with Crippen LogP contribution in [0.1, 0.15) is 38.3 Å². The first kappa shape index (κ1) is 12.7. The molecule has 0 saturated heterocycles. The highest BCUT2D eigenvalue weighted by Crippen LogP contribution is 2.24. The van der Waals surface area contributed by atoms with E-state index in [9.17, 15) is 9.90 Å². The normalized spacial score (nSPS) is 13.6. The Balaban J connectivity index is 3.07. The predicted molar refractivity (Wildman–Crippen MR) is 58.9 cm³/mol. The summed E-state index contributed by atoms with van der Waals surface area (Å²) in [5.41, 5.74) is 1.15. The molecule has 0 fully saturated rings. The number of aliphatic hydroxyl groups is 1. The molecule has 0 aliphatic carbocycles. The molecule has 1 N–H and O–H groups in total. The number of aromatic nitrogens is 2. The van der Waals surface area contributed by atoms with Crippen LogP contribution in [-0.4, -0.2) is 28.0 Å². The van der Waals surface area contributed by atoms with Crippen molar-refractivity contribution in [3.8, 4) is 0 Å². The van der Waals surface area contributed by atoms with Crippen LogP contribution in [0.25, 0.3) is 0 Å². The number of ether oxygens (including phenoxy) is 1. The molecule has 0 aromatic carbocycles. The minimum atomic E-state index is -1.28. The lowest BCUT2D eigenvalue weighted by molar-refractivity contribution is -0.151. The van der Waals surface area contributed by atoms with Crippen molar-refractivity contribution in [1.29, 1.82) is 0 Å². The molecule has 0 amide bonds. The number of rotatable bonds is 2. The highest BCUT2D eigenvalue weighted by molar-refractivity contribution is 5.75. The van der Waals surface area contributed by atoms with Gasteiger partial charge in [-0.15, -0.1) is 0 Å². The van der Waals surface area contributed by atoms with Gasteiger partial charge in [0, 0.05) is 12.5 Å². The van der Waals surface area contributed by atoms with Gasteiger partial charge in [-0.2, -0.15) is 5.10 Å². The molecular weight excluding hydrogens is 208 g/mol. The fourth-order valence-corrected chi connectivity index (χ4v) is 1.34. The Morgan fingerprint density at radius 1 is 1.56 bits per heavy atom. The van der Waals surface area contributed by atoms with E-state index in [-0.39, 0.29) is 5.41 Å². The molecule has 1 aromatic heterocycles. The Bertz CT molecular complexity index is 390. The molecule has 0 aliphatic rings. The Morgan fingerprint density at radius 3 is 2.50 bits per heavy atom. The number of hydrogen-bond acceptors (Lipinski definition) is 4. The van der Waals surface area contributed by atoms with E-state index in [1.165, 1.54) is 11.8 Å². The molecule has 1 heterocycles. The van der Waals surface area contributed by atoms with Gasteiger partial charge in [0.2, 0.25) is 0 Å². The summed E-state index contributed by atoms with van der Waals surface area (Å²) < 4.78 is 5.99. The average Bonchev–Trinajstić information content (AvgIpc) is 2.57. The molecule has 1 atom stereocenters. The first-order valence-electron chi connectivity index (χ1n) is 5.07. The van der Waals surface area contributed by atoms with Gasteiger partial charge in [-0.3, -0.25) is 4.68 Å². The predicted octanol–water partition coefficient (Wildman–Crippen LogP) is 0.924. The fraction of sp³-hybridized carbons (Fsp3) is 0.636. The van der Waals surface area contributed by atoms with E-state index in [0.29, 0.717) is 5.69 Å². The molecule has 0 bridgehead atoms. The molecule has 5 nitrogen and oxygen atoms in total. The molecule has 90 valence electrons. The number of hydrogen-bond donors (Lipinski definition) is 1. The topological polar surface area (TPSA) is 64.3 Å². The third kappa shape index (κ3) is 2.41. The largest absolute Gasteiger partial charge is 0.467 e. The van der Waals surface area contributed by atoms with Gasteiger partial charge in [0.15, 0.2) is 6.10 Å². The summed E-state index contributed by atoms with van der Waals surface area (Å²) in [4.78, 5) is 11.2. The molecular formula is C11H18N2O3. The average molecular weight is 226 g/mol. The van der Waals surface area contributed by atoms with Crippen LogP contribution in [0.4, 0.5) is 0 Å². The molecule has 1 unspecified atom stereocenters. The molecule has 1 aromatic rings. The van der Waals surface area contributed by atoms with Crippen LogP contribution in [0.5, 0.6) is 0 Å². The lowest BCUT2D eigenvalue weighted by atomic mass is 9.92. The van der Waals surface area contributed by atoms with Crippen molar-refractivity contribution in [1.82, 2.24) is 9.78 Å². The summed E-state index contributed by atoms with van der Waals surface area (Å²) in [6.45, 7) is 6.05. The summed E-state index contributed by atoms with van der Waals surface area (Å²) in [5.74, 6) is -0.677. The lowest BCUT2D eigenvalue weighted by Crippen LogP contribution is -2.16. The van der Waals surface area contributed by atoms with E-state index in [1.54, 1.807) is 13.1 Å². The van der Waals surface area contributed by atoms with Crippen LogP contribution in [-0.2, 0) is 22.0 Å². The number of nitrogens with zero attached hydrogens (tertiary/aromatic N) is 2.